The summed E-state index contributed by atoms with van der Waals surface area (Å²) < 4.78 is 5.05. The molecule has 1 fully saturated rings. The first-order chi connectivity index (χ1) is 12.2. The lowest BCUT2D eigenvalue weighted by molar-refractivity contribution is 0.240. The molecule has 0 bridgehead atoms. The van der Waals surface area contributed by atoms with Gasteiger partial charge in [-0.1, -0.05) is 29.4 Å². The van der Waals surface area contributed by atoms with Crippen LogP contribution < -0.4 is 10.6 Å². The largest absolute Gasteiger partial charge is 0.339 e. The van der Waals surface area contributed by atoms with E-state index in [0.29, 0.717) is 36.0 Å². The highest BCUT2D eigenvalue weighted by molar-refractivity contribution is 5.73. The normalized spacial score (nSPS) is 23.5. The molecule has 6 nitrogen and oxygen atoms in total. The van der Waals surface area contributed by atoms with Crippen molar-refractivity contribution in [3.63, 3.8) is 0 Å². The van der Waals surface area contributed by atoms with E-state index in [-0.39, 0.29) is 6.03 Å². The molecule has 0 saturated heterocycles. The van der Waals surface area contributed by atoms with E-state index in [1.165, 1.54) is 30.4 Å². The molecule has 25 heavy (non-hydrogen) atoms. The summed E-state index contributed by atoms with van der Waals surface area (Å²) in [5, 5.41) is 9.68. The highest BCUT2D eigenvalue weighted by Crippen LogP contribution is 2.61. The molecule has 132 valence electrons. The van der Waals surface area contributed by atoms with Crippen molar-refractivity contribution >= 4 is 6.03 Å². The van der Waals surface area contributed by atoms with Gasteiger partial charge in [0.25, 0.3) is 0 Å². The number of aryl methyl sites for hydroxylation is 3. The molecular formula is C19H24N4O2. The van der Waals surface area contributed by atoms with Crippen molar-refractivity contribution in [1.29, 1.82) is 0 Å². The van der Waals surface area contributed by atoms with Gasteiger partial charge in [0.05, 0.1) is 0 Å². The molecule has 2 aliphatic rings. The summed E-state index contributed by atoms with van der Waals surface area (Å²) in [6.45, 7) is 3.15. The average Bonchev–Trinajstić information content (AvgIpc) is 2.96. The summed E-state index contributed by atoms with van der Waals surface area (Å²) in [5.74, 6) is 1.84. The Balaban J connectivity index is 1.17. The van der Waals surface area contributed by atoms with Gasteiger partial charge in [0.1, 0.15) is 0 Å². The van der Waals surface area contributed by atoms with E-state index >= 15 is 0 Å². The number of benzene rings is 1. The molecule has 2 aliphatic carbocycles. The van der Waals surface area contributed by atoms with Gasteiger partial charge in [0, 0.05) is 24.9 Å². The molecular weight excluding hydrogens is 316 g/mol. The molecule has 1 spiro atoms. The fraction of sp³-hybridized carbons (Fsp3) is 0.526. The van der Waals surface area contributed by atoms with Gasteiger partial charge in [-0.05, 0) is 49.7 Å². The van der Waals surface area contributed by atoms with Crippen molar-refractivity contribution in [2.24, 2.45) is 5.92 Å². The third-order valence-corrected chi connectivity index (χ3v) is 5.56. The van der Waals surface area contributed by atoms with Crippen LogP contribution >= 0.6 is 0 Å². The summed E-state index contributed by atoms with van der Waals surface area (Å²) in [6.07, 6.45) is 5.07. The van der Waals surface area contributed by atoms with Crippen LogP contribution in [0.15, 0.2) is 28.8 Å². The predicted octanol–water partition coefficient (Wildman–Crippen LogP) is 2.51. The Hall–Kier alpha value is -2.37. The molecule has 1 aromatic carbocycles. The Morgan fingerprint density at radius 1 is 1.36 bits per heavy atom. The number of fused-ring (bicyclic) bond motifs is 2. The lowest BCUT2D eigenvalue weighted by atomic mass is 9.95. The van der Waals surface area contributed by atoms with Crippen LogP contribution in [0.4, 0.5) is 4.79 Å². The first kappa shape index (κ1) is 16.1. The fourth-order valence-electron chi connectivity index (χ4n) is 4.16. The van der Waals surface area contributed by atoms with E-state index in [0.717, 1.165) is 13.0 Å². The quantitative estimate of drug-likeness (QED) is 0.792. The van der Waals surface area contributed by atoms with E-state index in [2.05, 4.69) is 45.0 Å². The van der Waals surface area contributed by atoms with Crippen molar-refractivity contribution in [3.05, 3.63) is 47.1 Å². The summed E-state index contributed by atoms with van der Waals surface area (Å²) in [6, 6.07) is 8.67. The van der Waals surface area contributed by atoms with E-state index in [4.69, 9.17) is 4.52 Å². The summed E-state index contributed by atoms with van der Waals surface area (Å²) in [5.41, 5.74) is 3.34. The Bertz CT molecular complexity index is 772. The second kappa shape index (κ2) is 6.50. The minimum Gasteiger partial charge on any atom is -0.339 e. The van der Waals surface area contributed by atoms with Crippen LogP contribution in [0.3, 0.4) is 0 Å². The van der Waals surface area contributed by atoms with Gasteiger partial charge >= 0.3 is 6.03 Å². The molecule has 4 rings (SSSR count). The number of urea groups is 1. The number of carbonyl (C=O) groups is 1. The zero-order chi connectivity index (χ0) is 17.3. The minimum absolute atomic E-state index is 0.0879. The van der Waals surface area contributed by atoms with E-state index in [1.807, 2.05) is 0 Å². The Morgan fingerprint density at radius 2 is 2.24 bits per heavy atom. The van der Waals surface area contributed by atoms with E-state index < -0.39 is 0 Å². The second-order valence-corrected chi connectivity index (χ2v) is 7.19. The molecule has 6 heteroatoms. The van der Waals surface area contributed by atoms with Crippen molar-refractivity contribution in [3.8, 4) is 0 Å². The van der Waals surface area contributed by atoms with Gasteiger partial charge < -0.3 is 15.2 Å². The number of nitrogens with one attached hydrogen (secondary N) is 2. The van der Waals surface area contributed by atoms with Crippen LogP contribution in [-0.4, -0.2) is 29.3 Å². The number of hydrogen-bond donors (Lipinski definition) is 2. The third kappa shape index (κ3) is 3.25. The van der Waals surface area contributed by atoms with Crippen LogP contribution in [-0.2, 0) is 18.3 Å². The molecule has 2 aromatic rings. The second-order valence-electron chi connectivity index (χ2n) is 7.19. The number of nitrogens with zero attached hydrogens (tertiary/aromatic N) is 2. The molecule has 2 unspecified atom stereocenters. The maximum Gasteiger partial charge on any atom is 0.314 e. The number of hydrogen-bond acceptors (Lipinski definition) is 4. The average molecular weight is 340 g/mol. The Kier molecular flexibility index (Phi) is 4.19. The number of aromatic nitrogens is 2. The fourth-order valence-corrected chi connectivity index (χ4v) is 4.16. The predicted molar refractivity (Wildman–Crippen MR) is 93.3 cm³/mol. The van der Waals surface area contributed by atoms with Crippen molar-refractivity contribution < 1.29 is 9.32 Å². The topological polar surface area (TPSA) is 80.0 Å². The van der Waals surface area contributed by atoms with Crippen LogP contribution in [0.5, 0.6) is 0 Å². The van der Waals surface area contributed by atoms with Crippen molar-refractivity contribution in [2.75, 3.05) is 13.1 Å². The van der Waals surface area contributed by atoms with Gasteiger partial charge in [-0.3, -0.25) is 0 Å². The highest BCUT2D eigenvalue weighted by Gasteiger charge is 2.57. The molecule has 1 saturated carbocycles. The smallest absolute Gasteiger partial charge is 0.314 e. The van der Waals surface area contributed by atoms with Crippen LogP contribution in [0.1, 0.15) is 42.1 Å². The van der Waals surface area contributed by atoms with Crippen LogP contribution in [0, 0.1) is 12.8 Å². The van der Waals surface area contributed by atoms with Gasteiger partial charge in [-0.15, -0.1) is 0 Å². The number of carbonyl (C=O) groups excluding carboxylic acids is 1. The molecule has 2 amide bonds. The van der Waals surface area contributed by atoms with Crippen molar-refractivity contribution in [1.82, 2.24) is 20.8 Å². The minimum atomic E-state index is -0.0879. The summed E-state index contributed by atoms with van der Waals surface area (Å²) in [7, 11) is 0. The van der Waals surface area contributed by atoms with E-state index in [1.54, 1.807) is 6.92 Å². The van der Waals surface area contributed by atoms with Gasteiger partial charge in [-0.25, -0.2) is 4.79 Å². The van der Waals surface area contributed by atoms with Crippen LogP contribution in [0.2, 0.25) is 0 Å². The maximum absolute atomic E-state index is 12.0. The summed E-state index contributed by atoms with van der Waals surface area (Å²) >= 11 is 0. The lowest BCUT2D eigenvalue weighted by Crippen LogP contribution is -2.37. The Labute approximate surface area is 147 Å². The summed E-state index contributed by atoms with van der Waals surface area (Å²) in [4.78, 5) is 16.1. The number of rotatable bonds is 6. The number of amides is 2. The van der Waals surface area contributed by atoms with E-state index in [9.17, 15) is 4.79 Å². The molecule has 0 radical (unpaired) electrons. The maximum atomic E-state index is 12.0. The van der Waals surface area contributed by atoms with Crippen molar-refractivity contribution in [2.45, 2.75) is 44.4 Å². The molecule has 2 atom stereocenters. The SMILES string of the molecule is Cc1noc(CCCNC(=O)NCC2CC23CCc2ccccc23)n1. The first-order valence-electron chi connectivity index (χ1n) is 9.07. The Morgan fingerprint density at radius 3 is 3.08 bits per heavy atom. The van der Waals surface area contributed by atoms with Gasteiger partial charge in [-0.2, -0.15) is 4.98 Å². The molecule has 1 aromatic heterocycles. The molecule has 2 N–H and O–H groups in total. The lowest BCUT2D eigenvalue weighted by Gasteiger charge is -2.12. The first-order valence-corrected chi connectivity index (χ1v) is 9.07. The standard InChI is InChI=1S/C19H24N4O2/c1-13-22-17(25-23-13)7-4-10-20-18(24)21-12-15-11-19(15)9-8-14-5-2-3-6-16(14)19/h2-3,5-6,15H,4,7-12H2,1H3,(H2,20,21,24). The van der Waals surface area contributed by atoms with Gasteiger partial charge in [0.15, 0.2) is 5.82 Å². The van der Waals surface area contributed by atoms with Gasteiger partial charge in [0.2, 0.25) is 5.89 Å². The third-order valence-electron chi connectivity index (χ3n) is 5.56. The monoisotopic (exact) mass is 340 g/mol. The highest BCUT2D eigenvalue weighted by atomic mass is 16.5. The molecule has 1 heterocycles. The van der Waals surface area contributed by atoms with Crippen LogP contribution in [0.25, 0.3) is 0 Å². The zero-order valence-corrected chi connectivity index (χ0v) is 14.5. The molecule has 0 aliphatic heterocycles. The zero-order valence-electron chi connectivity index (χ0n) is 14.5.